The zero-order valence-electron chi connectivity index (χ0n) is 12.2. The quantitative estimate of drug-likeness (QED) is 0.783. The van der Waals surface area contributed by atoms with E-state index in [0.29, 0.717) is 13.2 Å². The molecule has 0 aromatic heterocycles. The van der Waals surface area contributed by atoms with Crippen molar-refractivity contribution in [1.29, 1.82) is 0 Å². The van der Waals surface area contributed by atoms with Gasteiger partial charge >= 0.3 is 0 Å². The van der Waals surface area contributed by atoms with Gasteiger partial charge in [0.1, 0.15) is 13.2 Å². The molecule has 3 nitrogen and oxygen atoms in total. The van der Waals surface area contributed by atoms with Gasteiger partial charge in [0.25, 0.3) is 0 Å². The van der Waals surface area contributed by atoms with Crippen LogP contribution in [0.3, 0.4) is 0 Å². The molecule has 0 radical (unpaired) electrons. The molecule has 3 aromatic rings. The van der Waals surface area contributed by atoms with E-state index < -0.39 is 0 Å². The monoisotopic (exact) mass is 291 g/mol. The third-order valence-corrected chi connectivity index (χ3v) is 3.91. The van der Waals surface area contributed by atoms with E-state index in [-0.39, 0.29) is 0 Å². The smallest absolute Gasteiger partial charge is 0.163 e. The molecule has 3 aromatic carbocycles. The van der Waals surface area contributed by atoms with Gasteiger partial charge in [-0.1, -0.05) is 42.5 Å². The largest absolute Gasteiger partial charge is 0.486 e. The first kappa shape index (κ1) is 13.0. The average molecular weight is 291 g/mol. The van der Waals surface area contributed by atoms with Crippen LogP contribution in [0.15, 0.2) is 60.7 Å². The molecule has 1 N–H and O–H groups in total. The topological polar surface area (TPSA) is 30.5 Å². The molecule has 0 aliphatic carbocycles. The summed E-state index contributed by atoms with van der Waals surface area (Å²) in [7, 11) is 0. The van der Waals surface area contributed by atoms with Crippen molar-refractivity contribution in [2.24, 2.45) is 0 Å². The standard InChI is InChI=1S/C19H17NO2/c1-2-7-17-14(4-1)5-3-6-15(17)13-20-16-8-9-18-19(12-16)22-11-10-21-18/h1-9,12,20H,10-11,13H2. The lowest BCUT2D eigenvalue weighted by Gasteiger charge is -2.19. The number of rotatable bonds is 3. The molecule has 0 unspecified atom stereocenters. The molecule has 1 heterocycles. The Morgan fingerprint density at radius 3 is 2.59 bits per heavy atom. The third-order valence-electron chi connectivity index (χ3n) is 3.91. The highest BCUT2D eigenvalue weighted by Crippen LogP contribution is 2.32. The van der Waals surface area contributed by atoms with E-state index in [0.717, 1.165) is 23.7 Å². The summed E-state index contributed by atoms with van der Waals surface area (Å²) in [6.45, 7) is 2.01. The summed E-state index contributed by atoms with van der Waals surface area (Å²) in [6.07, 6.45) is 0. The fourth-order valence-corrected chi connectivity index (χ4v) is 2.80. The second kappa shape index (κ2) is 5.60. The van der Waals surface area contributed by atoms with Gasteiger partial charge in [-0.05, 0) is 28.5 Å². The van der Waals surface area contributed by atoms with Crippen molar-refractivity contribution in [3.05, 3.63) is 66.2 Å². The molecule has 0 amide bonds. The van der Waals surface area contributed by atoms with E-state index in [1.54, 1.807) is 0 Å². The summed E-state index contributed by atoms with van der Waals surface area (Å²) < 4.78 is 11.2. The molecule has 0 spiro atoms. The molecule has 0 saturated carbocycles. The van der Waals surface area contributed by atoms with Gasteiger partial charge in [0.15, 0.2) is 11.5 Å². The maximum absolute atomic E-state index is 5.62. The molecule has 0 atom stereocenters. The Balaban J connectivity index is 1.57. The molecule has 0 saturated heterocycles. The van der Waals surface area contributed by atoms with Crippen molar-refractivity contribution in [3.63, 3.8) is 0 Å². The maximum Gasteiger partial charge on any atom is 0.163 e. The van der Waals surface area contributed by atoms with Crippen molar-refractivity contribution in [3.8, 4) is 11.5 Å². The molecule has 3 heteroatoms. The zero-order chi connectivity index (χ0) is 14.8. The first-order valence-corrected chi connectivity index (χ1v) is 7.50. The summed E-state index contributed by atoms with van der Waals surface area (Å²) >= 11 is 0. The second-order valence-electron chi connectivity index (χ2n) is 5.35. The highest BCUT2D eigenvalue weighted by Gasteiger charge is 2.11. The van der Waals surface area contributed by atoms with E-state index in [4.69, 9.17) is 9.47 Å². The van der Waals surface area contributed by atoms with Gasteiger partial charge in [-0.15, -0.1) is 0 Å². The number of hydrogen-bond acceptors (Lipinski definition) is 3. The molecule has 22 heavy (non-hydrogen) atoms. The van der Waals surface area contributed by atoms with Crippen molar-refractivity contribution >= 4 is 16.5 Å². The van der Waals surface area contributed by atoms with Crippen LogP contribution < -0.4 is 14.8 Å². The molecule has 110 valence electrons. The first-order chi connectivity index (χ1) is 10.9. The van der Waals surface area contributed by atoms with Crippen LogP contribution in [0.4, 0.5) is 5.69 Å². The fraction of sp³-hybridized carbons (Fsp3) is 0.158. The number of fused-ring (bicyclic) bond motifs is 2. The molecule has 4 rings (SSSR count). The van der Waals surface area contributed by atoms with Gasteiger partial charge < -0.3 is 14.8 Å². The minimum absolute atomic E-state index is 0.611. The molecule has 0 bridgehead atoms. The first-order valence-electron chi connectivity index (χ1n) is 7.50. The van der Waals surface area contributed by atoms with Crippen molar-refractivity contribution in [1.82, 2.24) is 0 Å². The Hall–Kier alpha value is -2.68. The lowest BCUT2D eigenvalue weighted by molar-refractivity contribution is 0.171. The van der Waals surface area contributed by atoms with Crippen LogP contribution in [-0.4, -0.2) is 13.2 Å². The average Bonchev–Trinajstić information content (AvgIpc) is 2.60. The van der Waals surface area contributed by atoms with E-state index in [2.05, 4.69) is 47.8 Å². The van der Waals surface area contributed by atoms with Crippen LogP contribution >= 0.6 is 0 Å². The highest BCUT2D eigenvalue weighted by atomic mass is 16.6. The second-order valence-corrected chi connectivity index (χ2v) is 5.35. The normalized spacial score (nSPS) is 13.1. The lowest BCUT2D eigenvalue weighted by Crippen LogP contribution is -2.15. The van der Waals surface area contributed by atoms with Crippen LogP contribution in [-0.2, 0) is 6.54 Å². The van der Waals surface area contributed by atoms with Gasteiger partial charge in [-0.2, -0.15) is 0 Å². The van der Waals surface area contributed by atoms with Gasteiger partial charge in [-0.3, -0.25) is 0 Å². The molecule has 0 fully saturated rings. The number of hydrogen-bond donors (Lipinski definition) is 1. The predicted octanol–water partition coefficient (Wildman–Crippen LogP) is 4.22. The summed E-state index contributed by atoms with van der Waals surface area (Å²) in [6, 6.07) is 20.8. The number of anilines is 1. The summed E-state index contributed by atoms with van der Waals surface area (Å²) in [5, 5.41) is 6.02. The summed E-state index contributed by atoms with van der Waals surface area (Å²) in [5.41, 5.74) is 2.32. The van der Waals surface area contributed by atoms with Crippen molar-refractivity contribution in [2.45, 2.75) is 6.54 Å². The van der Waals surface area contributed by atoms with Gasteiger partial charge in [0.05, 0.1) is 0 Å². The van der Waals surface area contributed by atoms with E-state index in [1.165, 1.54) is 16.3 Å². The molecule has 1 aliphatic rings. The predicted molar refractivity (Wildman–Crippen MR) is 88.7 cm³/mol. The van der Waals surface area contributed by atoms with Crippen LogP contribution in [0, 0.1) is 0 Å². The summed E-state index contributed by atoms with van der Waals surface area (Å²) in [5.74, 6) is 1.64. The fourth-order valence-electron chi connectivity index (χ4n) is 2.80. The van der Waals surface area contributed by atoms with Crippen LogP contribution in [0.2, 0.25) is 0 Å². The molecule has 1 aliphatic heterocycles. The summed E-state index contributed by atoms with van der Waals surface area (Å²) in [4.78, 5) is 0. The SMILES string of the molecule is c1ccc2c(CNc3ccc4c(c3)OCCO4)cccc2c1. The Morgan fingerprint density at radius 1 is 0.818 bits per heavy atom. The number of benzene rings is 3. The zero-order valence-corrected chi connectivity index (χ0v) is 12.2. The minimum atomic E-state index is 0.611. The van der Waals surface area contributed by atoms with Gasteiger partial charge in [0, 0.05) is 18.3 Å². The van der Waals surface area contributed by atoms with Crippen LogP contribution in [0.5, 0.6) is 11.5 Å². The van der Waals surface area contributed by atoms with Gasteiger partial charge in [-0.25, -0.2) is 0 Å². The van der Waals surface area contributed by atoms with Crippen molar-refractivity contribution in [2.75, 3.05) is 18.5 Å². The Morgan fingerprint density at radius 2 is 1.64 bits per heavy atom. The Kier molecular flexibility index (Phi) is 3.31. The number of ether oxygens (including phenoxy) is 2. The van der Waals surface area contributed by atoms with E-state index >= 15 is 0 Å². The Bertz CT molecular complexity index is 808. The van der Waals surface area contributed by atoms with Crippen LogP contribution in [0.25, 0.3) is 10.8 Å². The number of nitrogens with one attached hydrogen (secondary N) is 1. The minimum Gasteiger partial charge on any atom is -0.486 e. The highest BCUT2D eigenvalue weighted by molar-refractivity contribution is 5.85. The van der Waals surface area contributed by atoms with Crippen molar-refractivity contribution < 1.29 is 9.47 Å². The van der Waals surface area contributed by atoms with Crippen LogP contribution in [0.1, 0.15) is 5.56 Å². The van der Waals surface area contributed by atoms with E-state index in [9.17, 15) is 0 Å². The third kappa shape index (κ3) is 2.46. The molecular formula is C19H17NO2. The van der Waals surface area contributed by atoms with Gasteiger partial charge in [0.2, 0.25) is 0 Å². The lowest BCUT2D eigenvalue weighted by atomic mass is 10.0. The van der Waals surface area contributed by atoms with E-state index in [1.807, 2.05) is 18.2 Å². The maximum atomic E-state index is 5.62. The molecular weight excluding hydrogens is 274 g/mol. The Labute approximate surface area is 129 Å².